The number of ether oxygens (including phenoxy) is 1. The number of rotatable bonds is 2. The third-order valence-corrected chi connectivity index (χ3v) is 5.53. The second-order valence-electron chi connectivity index (χ2n) is 6.10. The van der Waals surface area contributed by atoms with Crippen LogP contribution in [0.4, 0.5) is 5.69 Å². The Bertz CT molecular complexity index is 788. The molecule has 5 nitrogen and oxygen atoms in total. The van der Waals surface area contributed by atoms with Gasteiger partial charge in [0.25, 0.3) is 11.8 Å². The van der Waals surface area contributed by atoms with E-state index in [1.165, 1.54) is 4.88 Å². The van der Waals surface area contributed by atoms with Crippen molar-refractivity contribution < 1.29 is 14.3 Å². The molecule has 1 fully saturated rings. The number of nitrogens with zero attached hydrogens (tertiary/aromatic N) is 1. The molecule has 124 valence electrons. The van der Waals surface area contributed by atoms with Crippen molar-refractivity contribution >= 4 is 28.8 Å². The fourth-order valence-electron chi connectivity index (χ4n) is 3.34. The highest BCUT2D eigenvalue weighted by Crippen LogP contribution is 2.39. The zero-order valence-electron chi connectivity index (χ0n) is 13.3. The van der Waals surface area contributed by atoms with Crippen LogP contribution in [0.1, 0.15) is 41.0 Å². The van der Waals surface area contributed by atoms with Gasteiger partial charge in [-0.15, -0.1) is 11.3 Å². The molecule has 0 unspecified atom stereocenters. The lowest BCUT2D eigenvalue weighted by Gasteiger charge is -2.28. The molecule has 1 aromatic heterocycles. The molecule has 2 amide bonds. The molecule has 2 aliphatic heterocycles. The van der Waals surface area contributed by atoms with Crippen molar-refractivity contribution in [2.24, 2.45) is 0 Å². The fourth-order valence-corrected chi connectivity index (χ4v) is 4.21. The predicted octanol–water partition coefficient (Wildman–Crippen LogP) is 3.44. The van der Waals surface area contributed by atoms with Gasteiger partial charge in [-0.25, -0.2) is 0 Å². The van der Waals surface area contributed by atoms with Crippen molar-refractivity contribution in [2.45, 2.75) is 31.9 Å². The Balaban J connectivity index is 1.68. The van der Waals surface area contributed by atoms with E-state index in [9.17, 15) is 9.59 Å². The molecule has 3 heterocycles. The van der Waals surface area contributed by atoms with Crippen LogP contribution in [0.15, 0.2) is 35.7 Å². The number of nitrogens with one attached hydrogen (secondary N) is 1. The molecule has 0 spiro atoms. The van der Waals surface area contributed by atoms with Crippen molar-refractivity contribution in [3.63, 3.8) is 0 Å². The second kappa shape index (κ2) is 5.94. The Kier molecular flexibility index (Phi) is 3.76. The van der Waals surface area contributed by atoms with Gasteiger partial charge in [0.1, 0.15) is 0 Å². The number of likely N-dealkylation sites (tertiary alicyclic amines) is 1. The summed E-state index contributed by atoms with van der Waals surface area (Å²) in [6.07, 6.45) is 1.38. The number of carbonyl (C=O) groups excluding carboxylic acids is 2. The molecule has 2 atom stereocenters. The smallest absolute Gasteiger partial charge is 0.265 e. The summed E-state index contributed by atoms with van der Waals surface area (Å²) in [5.74, 6) is 0.252. The summed E-state index contributed by atoms with van der Waals surface area (Å²) in [4.78, 5) is 28.1. The van der Waals surface area contributed by atoms with Gasteiger partial charge in [-0.1, -0.05) is 12.1 Å². The third-order valence-electron chi connectivity index (χ3n) is 4.55. The lowest BCUT2D eigenvalue weighted by Crippen LogP contribution is -2.36. The van der Waals surface area contributed by atoms with Crippen LogP contribution in [-0.2, 0) is 4.79 Å². The van der Waals surface area contributed by atoms with E-state index in [0.29, 0.717) is 17.0 Å². The number of benzene rings is 1. The van der Waals surface area contributed by atoms with Crippen LogP contribution in [0.2, 0.25) is 0 Å². The maximum Gasteiger partial charge on any atom is 0.265 e. The number of amides is 2. The Morgan fingerprint density at radius 2 is 2.21 bits per heavy atom. The molecule has 4 rings (SSSR count). The molecule has 1 saturated heterocycles. The first-order valence-electron chi connectivity index (χ1n) is 8.10. The van der Waals surface area contributed by atoms with E-state index >= 15 is 0 Å². The minimum Gasteiger partial charge on any atom is -0.478 e. The van der Waals surface area contributed by atoms with E-state index < -0.39 is 6.10 Å². The lowest BCUT2D eigenvalue weighted by atomic mass is 10.1. The van der Waals surface area contributed by atoms with Crippen molar-refractivity contribution in [3.05, 3.63) is 46.2 Å². The highest BCUT2D eigenvalue weighted by Gasteiger charge is 2.34. The number of anilines is 1. The number of carbonyl (C=O) groups is 2. The van der Waals surface area contributed by atoms with E-state index in [4.69, 9.17) is 4.74 Å². The molecule has 1 N–H and O–H groups in total. The maximum absolute atomic E-state index is 13.2. The normalized spacial score (nSPS) is 22.7. The summed E-state index contributed by atoms with van der Waals surface area (Å²) in [6.45, 7) is 2.43. The Morgan fingerprint density at radius 3 is 3.00 bits per heavy atom. The number of hydrogen-bond donors (Lipinski definition) is 1. The van der Waals surface area contributed by atoms with Crippen LogP contribution in [0.5, 0.6) is 5.75 Å². The van der Waals surface area contributed by atoms with Gasteiger partial charge in [0.2, 0.25) is 0 Å². The zero-order chi connectivity index (χ0) is 16.7. The van der Waals surface area contributed by atoms with Crippen molar-refractivity contribution in [3.8, 4) is 5.75 Å². The van der Waals surface area contributed by atoms with Gasteiger partial charge in [0.05, 0.1) is 17.3 Å². The first kappa shape index (κ1) is 15.2. The number of para-hydroxylation sites is 1. The SMILES string of the molecule is C[C@H]1Oc2c(cccc2C(=O)N2CCC[C@H]2c2cccs2)NC1=O. The number of hydrogen-bond acceptors (Lipinski definition) is 4. The first-order valence-corrected chi connectivity index (χ1v) is 8.98. The molecule has 6 heteroatoms. The van der Waals surface area contributed by atoms with E-state index in [1.54, 1.807) is 36.5 Å². The molecule has 0 bridgehead atoms. The van der Waals surface area contributed by atoms with Crippen LogP contribution < -0.4 is 10.1 Å². The third kappa shape index (κ3) is 2.47. The number of thiophene rings is 1. The summed E-state index contributed by atoms with van der Waals surface area (Å²) < 4.78 is 5.72. The summed E-state index contributed by atoms with van der Waals surface area (Å²) in [7, 11) is 0. The minimum atomic E-state index is -0.599. The quantitative estimate of drug-likeness (QED) is 0.909. The molecule has 2 aromatic rings. The average Bonchev–Trinajstić information content (AvgIpc) is 3.25. The van der Waals surface area contributed by atoms with Crippen LogP contribution in [-0.4, -0.2) is 29.4 Å². The van der Waals surface area contributed by atoms with Crippen molar-refractivity contribution in [2.75, 3.05) is 11.9 Å². The Labute approximate surface area is 144 Å². The lowest BCUT2D eigenvalue weighted by molar-refractivity contribution is -0.122. The zero-order valence-corrected chi connectivity index (χ0v) is 14.1. The van der Waals surface area contributed by atoms with Gasteiger partial charge >= 0.3 is 0 Å². The van der Waals surface area contributed by atoms with Gasteiger partial charge in [-0.05, 0) is 43.3 Å². The van der Waals surface area contributed by atoms with Crippen molar-refractivity contribution in [1.29, 1.82) is 0 Å². The molecule has 24 heavy (non-hydrogen) atoms. The molecule has 1 aromatic carbocycles. The largest absolute Gasteiger partial charge is 0.478 e. The van der Waals surface area contributed by atoms with Crippen LogP contribution in [0.25, 0.3) is 0 Å². The van der Waals surface area contributed by atoms with Crippen LogP contribution >= 0.6 is 11.3 Å². The summed E-state index contributed by atoms with van der Waals surface area (Å²) in [5.41, 5.74) is 1.08. The molecule has 0 saturated carbocycles. The fraction of sp³-hybridized carbons (Fsp3) is 0.333. The van der Waals surface area contributed by atoms with Crippen LogP contribution in [0, 0.1) is 0 Å². The van der Waals surface area contributed by atoms with Gasteiger partial charge in [-0.2, -0.15) is 0 Å². The molecular weight excluding hydrogens is 324 g/mol. The first-order chi connectivity index (χ1) is 11.6. The summed E-state index contributed by atoms with van der Waals surface area (Å²) in [5, 5.41) is 4.84. The second-order valence-corrected chi connectivity index (χ2v) is 7.08. The highest BCUT2D eigenvalue weighted by atomic mass is 32.1. The summed E-state index contributed by atoms with van der Waals surface area (Å²) >= 11 is 1.68. The standard InChI is InChI=1S/C18H18N2O3S/c1-11-17(21)19-13-6-2-5-12(16(13)23-11)18(22)20-9-3-7-14(20)15-8-4-10-24-15/h2,4-6,8,10-11,14H,3,7,9H2,1H3,(H,19,21)/t11-,14+/m1/s1. The molecule has 0 radical (unpaired) electrons. The van der Waals surface area contributed by atoms with Gasteiger partial charge < -0.3 is 15.0 Å². The van der Waals surface area contributed by atoms with E-state index in [1.807, 2.05) is 16.3 Å². The monoisotopic (exact) mass is 342 g/mol. The predicted molar refractivity (Wildman–Crippen MR) is 92.5 cm³/mol. The number of fused-ring (bicyclic) bond motifs is 1. The minimum absolute atomic E-state index is 0.0360. The maximum atomic E-state index is 13.2. The van der Waals surface area contributed by atoms with E-state index in [2.05, 4.69) is 11.4 Å². The van der Waals surface area contributed by atoms with E-state index in [-0.39, 0.29) is 17.9 Å². The van der Waals surface area contributed by atoms with Gasteiger partial charge in [-0.3, -0.25) is 9.59 Å². The topological polar surface area (TPSA) is 58.6 Å². The summed E-state index contributed by atoms with van der Waals surface area (Å²) in [6, 6.07) is 9.54. The Morgan fingerprint density at radius 1 is 1.33 bits per heavy atom. The Hall–Kier alpha value is -2.34. The van der Waals surface area contributed by atoms with Gasteiger partial charge in [0.15, 0.2) is 11.9 Å². The van der Waals surface area contributed by atoms with E-state index in [0.717, 1.165) is 19.4 Å². The van der Waals surface area contributed by atoms with Gasteiger partial charge in [0, 0.05) is 11.4 Å². The highest BCUT2D eigenvalue weighted by molar-refractivity contribution is 7.10. The van der Waals surface area contributed by atoms with Crippen molar-refractivity contribution in [1.82, 2.24) is 4.90 Å². The molecule has 0 aliphatic carbocycles. The van der Waals surface area contributed by atoms with Crippen LogP contribution in [0.3, 0.4) is 0 Å². The average molecular weight is 342 g/mol. The molecule has 2 aliphatic rings. The molecular formula is C18H18N2O3S.